The highest BCUT2D eigenvalue weighted by Gasteiger charge is 2.31. The van der Waals surface area contributed by atoms with Crippen LogP contribution in [0.15, 0.2) is 59.2 Å². The average molecular weight is 411 g/mol. The van der Waals surface area contributed by atoms with Crippen molar-refractivity contribution in [2.75, 3.05) is 17.3 Å². The lowest BCUT2D eigenvalue weighted by molar-refractivity contribution is -0.113. The van der Waals surface area contributed by atoms with Crippen molar-refractivity contribution in [1.82, 2.24) is 0 Å². The van der Waals surface area contributed by atoms with Gasteiger partial charge >= 0.3 is 0 Å². The first-order valence-electron chi connectivity index (χ1n) is 9.79. The maximum absolute atomic E-state index is 13.1. The summed E-state index contributed by atoms with van der Waals surface area (Å²) in [4.78, 5) is 19.3. The van der Waals surface area contributed by atoms with Crippen LogP contribution in [0.1, 0.15) is 33.3 Å². The standard InChI is InChI=1S/C23H26N2O3S/c1-5-27-19-13-9-18(10-14-19)25-22(26)21(24-23(25)29-6-2)15-17-7-11-20(12-8-17)28-16(3)4/h7-16H,5-6H2,1-4H3. The lowest BCUT2D eigenvalue weighted by atomic mass is 10.2. The molecule has 0 atom stereocenters. The van der Waals surface area contributed by atoms with E-state index in [0.29, 0.717) is 17.5 Å². The molecule has 29 heavy (non-hydrogen) atoms. The molecule has 2 aromatic carbocycles. The van der Waals surface area contributed by atoms with Gasteiger partial charge in [0.25, 0.3) is 5.91 Å². The third kappa shape index (κ3) is 5.21. The maximum atomic E-state index is 13.1. The molecule has 1 aliphatic rings. The third-order valence-electron chi connectivity index (χ3n) is 4.06. The molecule has 0 radical (unpaired) electrons. The van der Waals surface area contributed by atoms with Crippen LogP contribution in [0.4, 0.5) is 5.69 Å². The van der Waals surface area contributed by atoms with Crippen molar-refractivity contribution >= 4 is 34.6 Å². The molecule has 0 aromatic heterocycles. The smallest absolute Gasteiger partial charge is 0.283 e. The first kappa shape index (κ1) is 21.0. The van der Waals surface area contributed by atoms with Crippen molar-refractivity contribution < 1.29 is 14.3 Å². The summed E-state index contributed by atoms with van der Waals surface area (Å²) in [7, 11) is 0. The van der Waals surface area contributed by atoms with Gasteiger partial charge in [-0.05, 0) is 74.6 Å². The lowest BCUT2D eigenvalue weighted by Crippen LogP contribution is -2.30. The number of nitrogens with zero attached hydrogens (tertiary/aromatic N) is 2. The van der Waals surface area contributed by atoms with Crippen LogP contribution in [0, 0.1) is 0 Å². The van der Waals surface area contributed by atoms with Crippen LogP contribution in [0.25, 0.3) is 6.08 Å². The number of rotatable bonds is 7. The van der Waals surface area contributed by atoms with Crippen LogP contribution >= 0.6 is 11.8 Å². The van der Waals surface area contributed by atoms with Gasteiger partial charge in [0.2, 0.25) is 0 Å². The predicted octanol–water partition coefficient (Wildman–Crippen LogP) is 5.37. The average Bonchev–Trinajstić information content (AvgIpc) is 2.99. The molecule has 0 saturated heterocycles. The van der Waals surface area contributed by atoms with Gasteiger partial charge in [-0.2, -0.15) is 0 Å². The molecule has 152 valence electrons. The Morgan fingerprint density at radius 3 is 2.28 bits per heavy atom. The van der Waals surface area contributed by atoms with Crippen molar-refractivity contribution in [1.29, 1.82) is 0 Å². The highest BCUT2D eigenvalue weighted by molar-refractivity contribution is 8.14. The van der Waals surface area contributed by atoms with E-state index in [1.165, 1.54) is 0 Å². The molecule has 0 bridgehead atoms. The fourth-order valence-corrected chi connectivity index (χ4v) is 3.62. The van der Waals surface area contributed by atoms with Crippen LogP contribution in [-0.4, -0.2) is 29.5 Å². The van der Waals surface area contributed by atoms with Crippen LogP contribution in [-0.2, 0) is 4.79 Å². The Labute approximate surface area is 176 Å². The molecule has 0 aliphatic carbocycles. The van der Waals surface area contributed by atoms with Crippen LogP contribution < -0.4 is 14.4 Å². The van der Waals surface area contributed by atoms with E-state index in [-0.39, 0.29) is 12.0 Å². The van der Waals surface area contributed by atoms with Gasteiger partial charge in [-0.15, -0.1) is 0 Å². The molecule has 0 fully saturated rings. The summed E-state index contributed by atoms with van der Waals surface area (Å²) in [5, 5.41) is 0.688. The molecule has 1 heterocycles. The molecule has 0 spiro atoms. The van der Waals surface area contributed by atoms with Gasteiger partial charge in [-0.1, -0.05) is 30.8 Å². The Morgan fingerprint density at radius 1 is 1.03 bits per heavy atom. The summed E-state index contributed by atoms with van der Waals surface area (Å²) in [6.45, 7) is 8.57. The van der Waals surface area contributed by atoms with E-state index >= 15 is 0 Å². The van der Waals surface area contributed by atoms with Crippen LogP contribution in [0.3, 0.4) is 0 Å². The van der Waals surface area contributed by atoms with Crippen molar-refractivity contribution in [3.05, 3.63) is 59.8 Å². The van der Waals surface area contributed by atoms with E-state index in [2.05, 4.69) is 4.99 Å². The van der Waals surface area contributed by atoms with Crippen LogP contribution in [0.5, 0.6) is 11.5 Å². The van der Waals surface area contributed by atoms with E-state index < -0.39 is 0 Å². The molecule has 0 N–H and O–H groups in total. The number of carbonyl (C=O) groups is 1. The number of hydrogen-bond acceptors (Lipinski definition) is 5. The monoisotopic (exact) mass is 410 g/mol. The van der Waals surface area contributed by atoms with Gasteiger partial charge in [-0.3, -0.25) is 9.69 Å². The minimum atomic E-state index is -0.132. The molecule has 6 heteroatoms. The number of hydrogen-bond donors (Lipinski definition) is 0. The molecule has 0 saturated carbocycles. The fourth-order valence-electron chi connectivity index (χ4n) is 2.88. The normalized spacial score (nSPS) is 15.2. The molecule has 1 amide bonds. The number of ether oxygens (including phenoxy) is 2. The molecule has 1 aliphatic heterocycles. The quantitative estimate of drug-likeness (QED) is 0.576. The van der Waals surface area contributed by atoms with Crippen LogP contribution in [0.2, 0.25) is 0 Å². The lowest BCUT2D eigenvalue weighted by Gasteiger charge is -2.17. The zero-order valence-electron chi connectivity index (χ0n) is 17.2. The number of anilines is 1. The zero-order chi connectivity index (χ0) is 20.8. The van der Waals surface area contributed by atoms with Crippen molar-refractivity contribution in [3.8, 4) is 11.5 Å². The van der Waals surface area contributed by atoms with E-state index in [1.807, 2.05) is 82.3 Å². The second-order valence-corrected chi connectivity index (χ2v) is 7.89. The largest absolute Gasteiger partial charge is 0.494 e. The zero-order valence-corrected chi connectivity index (χ0v) is 18.0. The minimum Gasteiger partial charge on any atom is -0.494 e. The van der Waals surface area contributed by atoms with Crippen molar-refractivity contribution in [2.24, 2.45) is 4.99 Å². The molecular formula is C23H26N2O3S. The Hall–Kier alpha value is -2.73. The van der Waals surface area contributed by atoms with Crippen molar-refractivity contribution in [2.45, 2.75) is 33.8 Å². The molecule has 5 nitrogen and oxygen atoms in total. The van der Waals surface area contributed by atoms with Gasteiger partial charge in [0, 0.05) is 0 Å². The number of amidine groups is 1. The van der Waals surface area contributed by atoms with Gasteiger partial charge in [0.15, 0.2) is 5.17 Å². The second-order valence-electron chi connectivity index (χ2n) is 6.66. The Kier molecular flexibility index (Phi) is 6.99. The van der Waals surface area contributed by atoms with Gasteiger partial charge < -0.3 is 9.47 Å². The first-order chi connectivity index (χ1) is 14.0. The fraction of sp³-hybridized carbons (Fsp3) is 0.304. The summed E-state index contributed by atoms with van der Waals surface area (Å²) in [5.74, 6) is 2.28. The van der Waals surface area contributed by atoms with Gasteiger partial charge in [-0.25, -0.2) is 4.99 Å². The Bertz CT molecular complexity index is 903. The van der Waals surface area contributed by atoms with Crippen molar-refractivity contribution in [3.63, 3.8) is 0 Å². The van der Waals surface area contributed by atoms with E-state index in [4.69, 9.17) is 9.47 Å². The molecule has 3 rings (SSSR count). The summed E-state index contributed by atoms with van der Waals surface area (Å²) >= 11 is 1.55. The third-order valence-corrected chi connectivity index (χ3v) is 4.88. The molecule has 2 aromatic rings. The van der Waals surface area contributed by atoms with E-state index in [1.54, 1.807) is 16.7 Å². The summed E-state index contributed by atoms with van der Waals surface area (Å²) in [6.07, 6.45) is 1.93. The minimum absolute atomic E-state index is 0.122. The molecule has 0 unspecified atom stereocenters. The highest BCUT2D eigenvalue weighted by atomic mass is 32.2. The predicted molar refractivity (Wildman–Crippen MR) is 121 cm³/mol. The number of carbonyl (C=O) groups excluding carboxylic acids is 1. The Balaban J connectivity index is 1.85. The SMILES string of the molecule is CCOc1ccc(N2C(=O)C(=Cc3ccc(OC(C)C)cc3)N=C2SCC)cc1. The number of benzene rings is 2. The first-order valence-corrected chi connectivity index (χ1v) is 10.8. The Morgan fingerprint density at radius 2 is 1.69 bits per heavy atom. The number of amides is 1. The van der Waals surface area contributed by atoms with E-state index in [9.17, 15) is 4.79 Å². The number of aliphatic imine (C=N–C) groups is 1. The highest BCUT2D eigenvalue weighted by Crippen LogP contribution is 2.30. The van der Waals surface area contributed by atoms with Gasteiger partial charge in [0.05, 0.1) is 18.4 Å². The van der Waals surface area contributed by atoms with E-state index in [0.717, 1.165) is 28.5 Å². The molecular weight excluding hydrogens is 384 g/mol. The van der Waals surface area contributed by atoms with Gasteiger partial charge in [0.1, 0.15) is 17.2 Å². The second kappa shape index (κ2) is 9.65. The summed E-state index contributed by atoms with van der Waals surface area (Å²) < 4.78 is 11.2. The summed E-state index contributed by atoms with van der Waals surface area (Å²) in [6, 6.07) is 15.2. The summed E-state index contributed by atoms with van der Waals surface area (Å²) in [5.41, 5.74) is 2.11. The number of thioether (sulfide) groups is 1. The topological polar surface area (TPSA) is 51.1 Å². The maximum Gasteiger partial charge on any atom is 0.283 e.